The number of imidazole rings is 1. The quantitative estimate of drug-likeness (QED) is 0.767. The van der Waals surface area contributed by atoms with Crippen molar-refractivity contribution >= 4 is 0 Å². The third kappa shape index (κ3) is 2.85. The van der Waals surface area contributed by atoms with E-state index in [0.29, 0.717) is 5.92 Å². The number of hydrogen-bond acceptors (Lipinski definition) is 2. The highest BCUT2D eigenvalue weighted by atomic mass is 15.1. The lowest BCUT2D eigenvalue weighted by molar-refractivity contribution is 0.536. The summed E-state index contributed by atoms with van der Waals surface area (Å²) in [5, 5.41) is 3.55. The van der Waals surface area contributed by atoms with Crippen LogP contribution < -0.4 is 5.32 Å². The fraction of sp³-hybridized carbons (Fsp3) is 0.769. The first-order valence-corrected chi connectivity index (χ1v) is 6.58. The Balaban J connectivity index is 1.88. The summed E-state index contributed by atoms with van der Waals surface area (Å²) in [7, 11) is 0. The molecule has 3 nitrogen and oxygen atoms in total. The van der Waals surface area contributed by atoms with Crippen LogP contribution in [0, 0.1) is 0 Å². The molecule has 1 aromatic rings. The van der Waals surface area contributed by atoms with E-state index in [4.69, 9.17) is 0 Å². The zero-order chi connectivity index (χ0) is 11.4. The number of nitrogens with one attached hydrogen (secondary N) is 1. The Bertz CT molecular complexity index is 311. The fourth-order valence-corrected chi connectivity index (χ4v) is 2.24. The van der Waals surface area contributed by atoms with Crippen molar-refractivity contribution in [2.24, 2.45) is 0 Å². The van der Waals surface area contributed by atoms with E-state index in [9.17, 15) is 0 Å². The molecule has 1 aliphatic rings. The number of aromatic nitrogens is 2. The first-order valence-electron chi connectivity index (χ1n) is 6.58. The standard InChI is InChI=1S/C13H23N3/c1-3-11(4-2)13-9-14-10-16(13)8-7-15-12-5-6-12/h9-12,15H,3-8H2,1-2H3. The van der Waals surface area contributed by atoms with Gasteiger partial charge in [-0.15, -0.1) is 0 Å². The molecule has 0 spiro atoms. The number of nitrogens with zero attached hydrogens (tertiary/aromatic N) is 2. The van der Waals surface area contributed by atoms with Crippen LogP contribution in [0.5, 0.6) is 0 Å². The monoisotopic (exact) mass is 221 g/mol. The van der Waals surface area contributed by atoms with Crippen LogP contribution in [0.2, 0.25) is 0 Å². The molecular formula is C13H23N3. The van der Waals surface area contributed by atoms with Crippen molar-refractivity contribution < 1.29 is 0 Å². The highest BCUT2D eigenvalue weighted by Crippen LogP contribution is 2.22. The minimum absolute atomic E-state index is 0.670. The molecule has 0 unspecified atom stereocenters. The average Bonchev–Trinajstić information content (AvgIpc) is 3.01. The molecule has 0 radical (unpaired) electrons. The minimum atomic E-state index is 0.670. The predicted octanol–water partition coefficient (Wildman–Crippen LogP) is 2.54. The first kappa shape index (κ1) is 11.6. The van der Waals surface area contributed by atoms with Gasteiger partial charge in [-0.3, -0.25) is 0 Å². The smallest absolute Gasteiger partial charge is 0.0948 e. The van der Waals surface area contributed by atoms with Crippen LogP contribution in [-0.4, -0.2) is 22.1 Å². The largest absolute Gasteiger partial charge is 0.333 e. The summed E-state index contributed by atoms with van der Waals surface area (Å²) in [5.74, 6) is 0.670. The SMILES string of the molecule is CCC(CC)c1cncn1CCNC1CC1. The van der Waals surface area contributed by atoms with Gasteiger partial charge in [0.15, 0.2) is 0 Å². The zero-order valence-electron chi connectivity index (χ0n) is 10.4. The van der Waals surface area contributed by atoms with Gasteiger partial charge in [-0.25, -0.2) is 4.98 Å². The molecule has 0 bridgehead atoms. The van der Waals surface area contributed by atoms with Crippen LogP contribution in [0.4, 0.5) is 0 Å². The van der Waals surface area contributed by atoms with E-state index >= 15 is 0 Å². The molecule has 1 N–H and O–H groups in total. The Labute approximate surface area is 98.3 Å². The predicted molar refractivity (Wildman–Crippen MR) is 66.6 cm³/mol. The second-order valence-corrected chi connectivity index (χ2v) is 4.75. The van der Waals surface area contributed by atoms with Crippen molar-refractivity contribution in [3.05, 3.63) is 18.2 Å². The molecule has 0 saturated heterocycles. The summed E-state index contributed by atoms with van der Waals surface area (Å²) >= 11 is 0. The van der Waals surface area contributed by atoms with Crippen molar-refractivity contribution in [1.29, 1.82) is 0 Å². The number of hydrogen-bond donors (Lipinski definition) is 1. The lowest BCUT2D eigenvalue weighted by Crippen LogP contribution is -2.22. The Morgan fingerprint density at radius 1 is 1.44 bits per heavy atom. The molecule has 1 fully saturated rings. The van der Waals surface area contributed by atoms with Crippen molar-refractivity contribution in [3.63, 3.8) is 0 Å². The fourth-order valence-electron chi connectivity index (χ4n) is 2.24. The van der Waals surface area contributed by atoms with E-state index in [1.807, 2.05) is 12.5 Å². The first-order chi connectivity index (χ1) is 7.85. The van der Waals surface area contributed by atoms with Crippen LogP contribution in [0.1, 0.15) is 51.1 Å². The van der Waals surface area contributed by atoms with Gasteiger partial charge in [-0.1, -0.05) is 13.8 Å². The Hall–Kier alpha value is -0.830. The molecule has 3 heteroatoms. The molecule has 0 aromatic carbocycles. The lowest BCUT2D eigenvalue weighted by Gasteiger charge is -2.15. The van der Waals surface area contributed by atoms with Crippen LogP contribution in [0.15, 0.2) is 12.5 Å². The van der Waals surface area contributed by atoms with Crippen molar-refractivity contribution in [3.8, 4) is 0 Å². The van der Waals surface area contributed by atoms with Crippen molar-refractivity contribution in [1.82, 2.24) is 14.9 Å². The third-order valence-corrected chi connectivity index (χ3v) is 3.51. The van der Waals surface area contributed by atoms with Crippen LogP contribution >= 0.6 is 0 Å². The highest BCUT2D eigenvalue weighted by Gasteiger charge is 2.20. The van der Waals surface area contributed by atoms with E-state index in [1.165, 1.54) is 31.4 Å². The van der Waals surface area contributed by atoms with Gasteiger partial charge in [-0.05, 0) is 25.7 Å². The molecule has 16 heavy (non-hydrogen) atoms. The summed E-state index contributed by atoms with van der Waals surface area (Å²) in [5.41, 5.74) is 1.41. The topological polar surface area (TPSA) is 29.9 Å². The van der Waals surface area contributed by atoms with Gasteiger partial charge < -0.3 is 9.88 Å². The average molecular weight is 221 g/mol. The Morgan fingerprint density at radius 3 is 2.81 bits per heavy atom. The summed E-state index contributed by atoms with van der Waals surface area (Å²) in [6.07, 6.45) is 9.15. The molecular weight excluding hydrogens is 198 g/mol. The molecule has 2 rings (SSSR count). The van der Waals surface area contributed by atoms with Crippen LogP contribution in [0.3, 0.4) is 0 Å². The van der Waals surface area contributed by atoms with Crippen LogP contribution in [-0.2, 0) is 6.54 Å². The molecule has 1 heterocycles. The summed E-state index contributed by atoms with van der Waals surface area (Å²) in [6.45, 7) is 6.65. The Morgan fingerprint density at radius 2 is 2.19 bits per heavy atom. The minimum Gasteiger partial charge on any atom is -0.333 e. The molecule has 0 aliphatic heterocycles. The van der Waals surface area contributed by atoms with Gasteiger partial charge in [0.25, 0.3) is 0 Å². The molecule has 1 aromatic heterocycles. The summed E-state index contributed by atoms with van der Waals surface area (Å²) in [4.78, 5) is 4.29. The van der Waals surface area contributed by atoms with E-state index in [-0.39, 0.29) is 0 Å². The van der Waals surface area contributed by atoms with Gasteiger partial charge in [0.2, 0.25) is 0 Å². The maximum Gasteiger partial charge on any atom is 0.0948 e. The maximum absolute atomic E-state index is 4.29. The molecule has 1 saturated carbocycles. The normalized spacial score (nSPS) is 15.9. The molecule has 0 atom stereocenters. The third-order valence-electron chi connectivity index (χ3n) is 3.51. The van der Waals surface area contributed by atoms with Crippen molar-refractivity contribution in [2.45, 2.75) is 58.0 Å². The second-order valence-electron chi connectivity index (χ2n) is 4.75. The summed E-state index contributed by atoms with van der Waals surface area (Å²) in [6, 6.07) is 0.806. The van der Waals surface area contributed by atoms with Gasteiger partial charge in [-0.2, -0.15) is 0 Å². The number of rotatable bonds is 7. The summed E-state index contributed by atoms with van der Waals surface area (Å²) < 4.78 is 2.31. The maximum atomic E-state index is 4.29. The Kier molecular flexibility index (Phi) is 3.99. The zero-order valence-corrected chi connectivity index (χ0v) is 10.4. The van der Waals surface area contributed by atoms with Crippen molar-refractivity contribution in [2.75, 3.05) is 6.54 Å². The van der Waals surface area contributed by atoms with Crippen LogP contribution in [0.25, 0.3) is 0 Å². The van der Waals surface area contributed by atoms with E-state index in [1.54, 1.807) is 0 Å². The van der Waals surface area contributed by atoms with Gasteiger partial charge in [0.1, 0.15) is 0 Å². The molecule has 0 amide bonds. The second kappa shape index (κ2) is 5.48. The highest BCUT2D eigenvalue weighted by molar-refractivity contribution is 5.06. The molecule has 1 aliphatic carbocycles. The molecule has 90 valence electrons. The van der Waals surface area contributed by atoms with E-state index < -0.39 is 0 Å². The van der Waals surface area contributed by atoms with E-state index in [0.717, 1.165) is 19.1 Å². The lowest BCUT2D eigenvalue weighted by atomic mass is 10.00. The van der Waals surface area contributed by atoms with Gasteiger partial charge in [0.05, 0.1) is 6.33 Å². The van der Waals surface area contributed by atoms with Gasteiger partial charge in [0, 0.05) is 36.9 Å². The van der Waals surface area contributed by atoms with Gasteiger partial charge >= 0.3 is 0 Å². The van der Waals surface area contributed by atoms with E-state index in [2.05, 4.69) is 28.7 Å².